The van der Waals surface area contributed by atoms with Gasteiger partial charge >= 0.3 is 0 Å². The van der Waals surface area contributed by atoms with Gasteiger partial charge < -0.3 is 5.32 Å². The maximum atomic E-state index is 11.5. The molecule has 0 saturated carbocycles. The molecule has 0 bridgehead atoms. The van der Waals surface area contributed by atoms with E-state index in [0.29, 0.717) is 29.4 Å². The van der Waals surface area contributed by atoms with Crippen LogP contribution in [0.4, 0.5) is 0 Å². The summed E-state index contributed by atoms with van der Waals surface area (Å²) in [5.41, 5.74) is 0. The molecule has 1 rings (SSSR count). The van der Waals surface area contributed by atoms with Crippen molar-refractivity contribution in [1.29, 1.82) is 0 Å². The summed E-state index contributed by atoms with van der Waals surface area (Å²) in [5, 5.41) is 3.54. The van der Waals surface area contributed by atoms with E-state index in [1.54, 1.807) is 0 Å². The summed E-state index contributed by atoms with van der Waals surface area (Å²) in [5.74, 6) is 1.87. The van der Waals surface area contributed by atoms with Gasteiger partial charge in [-0.1, -0.05) is 33.6 Å². The van der Waals surface area contributed by atoms with E-state index in [1.165, 1.54) is 12.8 Å². The Labute approximate surface area is 106 Å². The molecule has 1 saturated heterocycles. The largest absolute Gasteiger partial charge is 0.314 e. The molecule has 4 heteroatoms. The molecule has 0 radical (unpaired) electrons. The minimum Gasteiger partial charge on any atom is -0.314 e. The van der Waals surface area contributed by atoms with Crippen LogP contribution in [0.5, 0.6) is 0 Å². The third-order valence-electron chi connectivity index (χ3n) is 4.00. The van der Waals surface area contributed by atoms with Crippen LogP contribution in [0.2, 0.25) is 0 Å². The van der Waals surface area contributed by atoms with Crippen molar-refractivity contribution in [1.82, 2.24) is 5.32 Å². The first-order chi connectivity index (χ1) is 8.02. The number of hydrogen-bond acceptors (Lipinski definition) is 3. The van der Waals surface area contributed by atoms with E-state index in [0.717, 1.165) is 19.4 Å². The second-order valence-electron chi connectivity index (χ2n) is 5.25. The van der Waals surface area contributed by atoms with Crippen LogP contribution in [-0.4, -0.2) is 32.5 Å². The van der Waals surface area contributed by atoms with Crippen molar-refractivity contribution in [2.75, 3.05) is 18.1 Å². The van der Waals surface area contributed by atoms with Crippen LogP contribution < -0.4 is 5.32 Å². The molecule has 0 aromatic rings. The number of nitrogens with one attached hydrogen (secondary N) is 1. The maximum Gasteiger partial charge on any atom is 0.150 e. The highest BCUT2D eigenvalue weighted by Crippen LogP contribution is 2.27. The molecule has 1 aliphatic rings. The van der Waals surface area contributed by atoms with Gasteiger partial charge in [0.2, 0.25) is 0 Å². The molecule has 1 heterocycles. The summed E-state index contributed by atoms with van der Waals surface area (Å²) in [6.07, 6.45) is 4.24. The fourth-order valence-electron chi connectivity index (χ4n) is 2.98. The summed E-state index contributed by atoms with van der Waals surface area (Å²) < 4.78 is 22.9. The molecule has 1 aliphatic heterocycles. The Kier molecular flexibility index (Phi) is 5.93. The second-order valence-corrected chi connectivity index (χ2v) is 7.47. The standard InChI is InChI=1S/C13H27NO2S/c1-4-12(5-2)13(14-6-3)9-11-7-8-17(15,16)10-11/h11-14H,4-10H2,1-3H3. The van der Waals surface area contributed by atoms with Gasteiger partial charge in [-0.15, -0.1) is 0 Å². The molecular formula is C13H27NO2S. The summed E-state index contributed by atoms with van der Waals surface area (Å²) in [6.45, 7) is 7.55. The molecule has 0 aromatic heterocycles. The Balaban J connectivity index is 2.55. The molecule has 3 nitrogen and oxygen atoms in total. The highest BCUT2D eigenvalue weighted by atomic mass is 32.2. The first kappa shape index (κ1) is 15.0. The van der Waals surface area contributed by atoms with Crippen LogP contribution in [-0.2, 0) is 9.84 Å². The summed E-state index contributed by atoms with van der Waals surface area (Å²) >= 11 is 0. The second kappa shape index (κ2) is 6.74. The zero-order valence-electron chi connectivity index (χ0n) is 11.4. The lowest BCUT2D eigenvalue weighted by Gasteiger charge is -2.28. The number of rotatable bonds is 7. The average molecular weight is 261 g/mol. The smallest absolute Gasteiger partial charge is 0.150 e. The van der Waals surface area contributed by atoms with Crippen LogP contribution in [0.25, 0.3) is 0 Å². The quantitative estimate of drug-likeness (QED) is 0.764. The number of sulfone groups is 1. The highest BCUT2D eigenvalue weighted by molar-refractivity contribution is 7.91. The van der Waals surface area contributed by atoms with Crippen molar-refractivity contribution >= 4 is 9.84 Å². The lowest BCUT2D eigenvalue weighted by atomic mass is 9.87. The molecule has 1 fully saturated rings. The zero-order chi connectivity index (χ0) is 12.9. The van der Waals surface area contributed by atoms with Crippen molar-refractivity contribution in [2.24, 2.45) is 11.8 Å². The lowest BCUT2D eigenvalue weighted by Crippen LogP contribution is -2.37. The normalized spacial score (nSPS) is 25.3. The fraction of sp³-hybridized carbons (Fsp3) is 1.00. The van der Waals surface area contributed by atoms with Crippen LogP contribution in [0.15, 0.2) is 0 Å². The summed E-state index contributed by atoms with van der Waals surface area (Å²) in [7, 11) is -2.72. The molecule has 0 spiro atoms. The molecule has 102 valence electrons. The van der Waals surface area contributed by atoms with Crippen LogP contribution in [0.1, 0.15) is 46.5 Å². The minimum absolute atomic E-state index is 0.379. The van der Waals surface area contributed by atoms with Gasteiger partial charge in [0, 0.05) is 6.04 Å². The molecule has 0 amide bonds. The van der Waals surface area contributed by atoms with Crippen molar-refractivity contribution < 1.29 is 8.42 Å². The Hall–Kier alpha value is -0.0900. The molecule has 1 N–H and O–H groups in total. The first-order valence-electron chi connectivity index (χ1n) is 6.96. The topological polar surface area (TPSA) is 46.2 Å². The van der Waals surface area contributed by atoms with Gasteiger partial charge in [-0.3, -0.25) is 0 Å². The van der Waals surface area contributed by atoms with E-state index in [9.17, 15) is 8.42 Å². The van der Waals surface area contributed by atoms with Gasteiger partial charge in [-0.2, -0.15) is 0 Å². The zero-order valence-corrected chi connectivity index (χ0v) is 12.2. The van der Waals surface area contributed by atoms with Gasteiger partial charge in [-0.05, 0) is 31.2 Å². The van der Waals surface area contributed by atoms with Crippen molar-refractivity contribution in [3.8, 4) is 0 Å². The number of hydrogen-bond donors (Lipinski definition) is 1. The van der Waals surface area contributed by atoms with Gasteiger partial charge in [-0.25, -0.2) is 8.42 Å². The molecule has 2 unspecified atom stereocenters. The Bertz CT molecular complexity index is 309. The molecule has 0 aromatic carbocycles. The Morgan fingerprint density at radius 3 is 2.29 bits per heavy atom. The maximum absolute atomic E-state index is 11.5. The van der Waals surface area contributed by atoms with Crippen molar-refractivity contribution in [3.05, 3.63) is 0 Å². The van der Waals surface area contributed by atoms with Gasteiger partial charge in [0.15, 0.2) is 9.84 Å². The van der Waals surface area contributed by atoms with Gasteiger partial charge in [0.05, 0.1) is 11.5 Å². The van der Waals surface area contributed by atoms with Gasteiger partial charge in [0.1, 0.15) is 0 Å². The van der Waals surface area contributed by atoms with Gasteiger partial charge in [0.25, 0.3) is 0 Å². The molecular weight excluding hydrogens is 234 g/mol. The summed E-state index contributed by atoms with van der Waals surface area (Å²) in [4.78, 5) is 0. The predicted octanol–water partition coefficient (Wildman–Crippen LogP) is 2.23. The van der Waals surface area contributed by atoms with Crippen LogP contribution in [0, 0.1) is 11.8 Å². The SMILES string of the molecule is CCNC(CC1CCS(=O)(=O)C1)C(CC)CC. The third-order valence-corrected chi connectivity index (χ3v) is 5.84. The molecule has 2 atom stereocenters. The fourth-order valence-corrected chi connectivity index (χ4v) is 4.86. The van der Waals surface area contributed by atoms with E-state index in [2.05, 4.69) is 26.1 Å². The van der Waals surface area contributed by atoms with Crippen molar-refractivity contribution in [3.63, 3.8) is 0 Å². The molecule has 0 aliphatic carbocycles. The average Bonchev–Trinajstić information content (AvgIpc) is 2.60. The van der Waals surface area contributed by atoms with Crippen molar-refractivity contribution in [2.45, 2.75) is 52.5 Å². The van der Waals surface area contributed by atoms with E-state index in [1.807, 2.05) is 0 Å². The highest BCUT2D eigenvalue weighted by Gasteiger charge is 2.31. The van der Waals surface area contributed by atoms with E-state index >= 15 is 0 Å². The Morgan fingerprint density at radius 2 is 1.88 bits per heavy atom. The first-order valence-corrected chi connectivity index (χ1v) is 8.78. The third kappa shape index (κ3) is 4.59. The Morgan fingerprint density at radius 1 is 1.24 bits per heavy atom. The lowest BCUT2D eigenvalue weighted by molar-refractivity contribution is 0.290. The monoisotopic (exact) mass is 261 g/mol. The predicted molar refractivity (Wildman–Crippen MR) is 72.9 cm³/mol. The summed E-state index contributed by atoms with van der Waals surface area (Å²) in [6, 6.07) is 0.494. The van der Waals surface area contributed by atoms with Crippen LogP contribution >= 0.6 is 0 Å². The van der Waals surface area contributed by atoms with E-state index < -0.39 is 9.84 Å². The van der Waals surface area contributed by atoms with E-state index in [-0.39, 0.29) is 0 Å². The molecule has 17 heavy (non-hydrogen) atoms. The van der Waals surface area contributed by atoms with Crippen LogP contribution in [0.3, 0.4) is 0 Å². The van der Waals surface area contributed by atoms with E-state index in [4.69, 9.17) is 0 Å². The minimum atomic E-state index is -2.72.